The molecule has 0 unspecified atom stereocenters. The third kappa shape index (κ3) is 17.1. The van der Waals surface area contributed by atoms with E-state index in [9.17, 15) is 48.7 Å². The van der Waals surface area contributed by atoms with Crippen LogP contribution in [-0.4, -0.2) is 71.3 Å². The smallest absolute Gasteiger partial charge is 0.483 e. The Hall–Kier alpha value is -6.72. The fraction of sp³-hybridized carbons (Fsp3) is 0.212. The molecule has 0 bridgehead atoms. The molecule has 24 heteroatoms. The van der Waals surface area contributed by atoms with Crippen LogP contribution in [0.15, 0.2) is 82.6 Å². The summed E-state index contributed by atoms with van der Waals surface area (Å²) in [5.74, 6) is -3.85. The van der Waals surface area contributed by atoms with E-state index < -0.39 is 46.1 Å². The standard InChI is InChI=1S/C29H31FN8O4S.C2HF3O2.CHF3.CH2O2/c1-17(2)36-28-29(40)38(16-26(39)34-14-18-3-5-19(6-4-18)27(32)33)25(15-35-28)20-11-22(31)13-23(12-20)37-43(41,42)24-9-7-21(30)8-10-24;3-2(4,5)1(6)7;2-1(3)4;2-1-3/h3-13,15,17,37H,14,16,31H2,1-2H3,(H3,32,33)(H,34,39)(H,35,36);(H,6,7);1H;1H,(H,2,3). The Balaban J connectivity index is 0.000000997. The largest absolute Gasteiger partial charge is 0.490 e. The van der Waals surface area contributed by atoms with E-state index in [1.165, 1.54) is 29.0 Å². The molecule has 0 aliphatic carbocycles. The minimum absolute atomic E-state index is 0.0347. The number of hydrogen-bond donors (Lipinski definition) is 8. The van der Waals surface area contributed by atoms with Crippen LogP contribution in [0.3, 0.4) is 0 Å². The van der Waals surface area contributed by atoms with Crippen molar-refractivity contribution in [2.24, 2.45) is 5.73 Å². The molecule has 0 atom stereocenters. The number of nitrogens with two attached hydrogens (primary N) is 2. The highest BCUT2D eigenvalue weighted by molar-refractivity contribution is 7.92. The fourth-order valence-electron chi connectivity index (χ4n) is 4.14. The van der Waals surface area contributed by atoms with Crippen molar-refractivity contribution < 1.29 is 63.7 Å². The molecular formula is C33H35F7N8O8S. The number of carboxylic acids is 1. The van der Waals surface area contributed by atoms with Crippen molar-refractivity contribution in [3.63, 3.8) is 0 Å². The summed E-state index contributed by atoms with van der Waals surface area (Å²) in [5, 5.41) is 27.3. The number of aliphatic carboxylic acids is 1. The number of hydrogen-bond acceptors (Lipinski definition) is 10. The van der Waals surface area contributed by atoms with Crippen LogP contribution in [0.1, 0.15) is 25.0 Å². The zero-order valence-electron chi connectivity index (χ0n) is 29.5. The van der Waals surface area contributed by atoms with E-state index in [0.29, 0.717) is 11.1 Å². The first kappa shape index (κ1) is 48.3. The van der Waals surface area contributed by atoms with Gasteiger partial charge in [0, 0.05) is 29.4 Å². The van der Waals surface area contributed by atoms with Gasteiger partial charge in [0.1, 0.15) is 18.2 Å². The number of sulfonamides is 1. The van der Waals surface area contributed by atoms with Crippen LogP contribution >= 0.6 is 0 Å². The Morgan fingerprint density at radius 2 is 1.54 bits per heavy atom. The van der Waals surface area contributed by atoms with Gasteiger partial charge in [0.05, 0.1) is 22.5 Å². The summed E-state index contributed by atoms with van der Waals surface area (Å²) < 4.78 is 104. The number of halogens is 7. The van der Waals surface area contributed by atoms with Crippen molar-refractivity contribution in [3.8, 4) is 11.3 Å². The quantitative estimate of drug-likeness (QED) is 0.0344. The summed E-state index contributed by atoms with van der Waals surface area (Å²) in [6.45, 7) is -0.459. The molecule has 3 aromatic carbocycles. The van der Waals surface area contributed by atoms with Crippen LogP contribution in [0, 0.1) is 11.2 Å². The van der Waals surface area contributed by atoms with Crippen molar-refractivity contribution in [1.29, 1.82) is 5.41 Å². The Morgan fingerprint density at radius 3 is 2.02 bits per heavy atom. The zero-order valence-corrected chi connectivity index (χ0v) is 30.3. The molecule has 0 saturated carbocycles. The van der Waals surface area contributed by atoms with Crippen molar-refractivity contribution in [3.05, 3.63) is 100 Å². The van der Waals surface area contributed by atoms with Gasteiger partial charge in [-0.25, -0.2) is 22.6 Å². The van der Waals surface area contributed by atoms with Crippen LogP contribution in [0.4, 0.5) is 47.9 Å². The first-order valence-electron chi connectivity index (χ1n) is 15.5. The summed E-state index contributed by atoms with van der Waals surface area (Å²) >= 11 is 0. The molecule has 310 valence electrons. The minimum Gasteiger partial charge on any atom is -0.483 e. The lowest BCUT2D eigenvalue weighted by molar-refractivity contribution is -0.192. The average molecular weight is 837 g/mol. The predicted molar refractivity (Wildman–Crippen MR) is 193 cm³/mol. The molecule has 0 radical (unpaired) electrons. The van der Waals surface area contributed by atoms with Gasteiger partial charge in [-0.05, 0) is 61.9 Å². The Kier molecular flexibility index (Phi) is 18.6. The number of nitrogen functional groups attached to an aromatic ring is 2. The number of benzene rings is 3. The second kappa shape index (κ2) is 22.0. The number of nitrogens with one attached hydrogen (secondary N) is 4. The van der Waals surface area contributed by atoms with Crippen LogP contribution in [0.2, 0.25) is 0 Å². The summed E-state index contributed by atoms with van der Waals surface area (Å²) in [6, 6.07) is 15.4. The molecule has 4 aromatic rings. The van der Waals surface area contributed by atoms with Gasteiger partial charge in [-0.15, -0.1) is 0 Å². The van der Waals surface area contributed by atoms with Crippen LogP contribution in [-0.2, 0) is 37.5 Å². The maximum absolute atomic E-state index is 13.5. The molecular weight excluding hydrogens is 801 g/mol. The fourth-order valence-corrected chi connectivity index (χ4v) is 5.18. The normalized spacial score (nSPS) is 10.7. The topological polar surface area (TPSA) is 273 Å². The number of nitrogens with zero attached hydrogens (tertiary/aromatic N) is 2. The van der Waals surface area contributed by atoms with Crippen LogP contribution < -0.4 is 32.4 Å². The number of amidine groups is 1. The highest BCUT2D eigenvalue weighted by atomic mass is 32.2. The van der Waals surface area contributed by atoms with E-state index in [1.807, 2.05) is 13.8 Å². The number of carbonyl (C=O) groups is 3. The molecule has 1 aromatic heterocycles. The molecule has 0 saturated heterocycles. The Bertz CT molecular complexity index is 2150. The summed E-state index contributed by atoms with van der Waals surface area (Å²) in [7, 11) is -4.09. The van der Waals surface area contributed by atoms with E-state index in [0.717, 1.165) is 29.8 Å². The van der Waals surface area contributed by atoms with Gasteiger partial charge in [-0.1, -0.05) is 24.3 Å². The summed E-state index contributed by atoms with van der Waals surface area (Å²) in [5.41, 5.74) is 13.1. The number of alkyl halides is 6. The molecule has 0 aliphatic rings. The lowest BCUT2D eigenvalue weighted by atomic mass is 10.1. The number of carbonyl (C=O) groups excluding carboxylic acids is 1. The van der Waals surface area contributed by atoms with Gasteiger partial charge < -0.3 is 32.3 Å². The predicted octanol–water partition coefficient (Wildman–Crippen LogP) is 4.37. The maximum atomic E-state index is 13.5. The Labute approximate surface area is 318 Å². The lowest BCUT2D eigenvalue weighted by Gasteiger charge is -2.17. The second-order valence-electron chi connectivity index (χ2n) is 11.1. The van der Waals surface area contributed by atoms with E-state index >= 15 is 0 Å². The molecule has 57 heavy (non-hydrogen) atoms. The van der Waals surface area contributed by atoms with Crippen LogP contribution in [0.25, 0.3) is 11.3 Å². The van der Waals surface area contributed by atoms with Crippen molar-refractivity contribution >= 4 is 51.4 Å². The monoisotopic (exact) mass is 836 g/mol. The number of anilines is 3. The van der Waals surface area contributed by atoms with Gasteiger partial charge in [0.2, 0.25) is 5.91 Å². The maximum Gasteiger partial charge on any atom is 0.490 e. The molecule has 0 fully saturated rings. The number of aromatic nitrogens is 2. The summed E-state index contributed by atoms with van der Waals surface area (Å²) in [4.78, 5) is 47.8. The van der Waals surface area contributed by atoms with E-state index in [2.05, 4.69) is 20.3 Å². The molecule has 4 rings (SSSR count). The SMILES string of the molecule is CC(C)Nc1ncc(-c2cc(N)cc(NS(=O)(=O)c3ccc(F)cc3)c2)n(CC(=O)NCc2ccc(C(=N)N)cc2)c1=O.FC(F)F.O=C(O)C(F)(F)F.O=CO. The molecule has 0 aliphatic heterocycles. The highest BCUT2D eigenvalue weighted by Crippen LogP contribution is 2.27. The van der Waals surface area contributed by atoms with Gasteiger partial charge in [-0.3, -0.25) is 29.1 Å². The highest BCUT2D eigenvalue weighted by Gasteiger charge is 2.38. The lowest BCUT2D eigenvalue weighted by Crippen LogP contribution is -2.35. The van der Waals surface area contributed by atoms with Gasteiger partial charge in [-0.2, -0.15) is 26.3 Å². The van der Waals surface area contributed by atoms with E-state index in [4.69, 9.17) is 36.7 Å². The van der Waals surface area contributed by atoms with Crippen LogP contribution in [0.5, 0.6) is 0 Å². The Morgan fingerprint density at radius 1 is 1.02 bits per heavy atom. The van der Waals surface area contributed by atoms with Crippen molar-refractivity contribution in [1.82, 2.24) is 14.9 Å². The van der Waals surface area contributed by atoms with Gasteiger partial charge in [0.15, 0.2) is 5.82 Å². The van der Waals surface area contributed by atoms with Crippen molar-refractivity contribution in [2.75, 3.05) is 15.8 Å². The first-order chi connectivity index (χ1) is 26.4. The number of carboxylic acid groups (broad SMARTS) is 2. The minimum atomic E-state index is -5.08. The third-order valence-corrected chi connectivity index (χ3v) is 7.80. The number of rotatable bonds is 11. The van der Waals surface area contributed by atoms with E-state index in [1.54, 1.807) is 24.3 Å². The average Bonchev–Trinajstić information content (AvgIpc) is 3.09. The second-order valence-corrected chi connectivity index (χ2v) is 12.8. The molecule has 0 spiro atoms. The molecule has 1 amide bonds. The van der Waals surface area contributed by atoms with Gasteiger partial charge in [0.25, 0.3) is 22.1 Å². The van der Waals surface area contributed by atoms with Crippen molar-refractivity contribution in [2.45, 2.75) is 50.7 Å². The molecule has 10 N–H and O–H groups in total. The first-order valence-corrected chi connectivity index (χ1v) is 17.0. The molecule has 16 nitrogen and oxygen atoms in total. The third-order valence-electron chi connectivity index (χ3n) is 6.41. The summed E-state index contributed by atoms with van der Waals surface area (Å²) in [6.07, 6.45) is -3.69. The number of amides is 1. The van der Waals surface area contributed by atoms with E-state index in [-0.39, 0.29) is 59.2 Å². The van der Waals surface area contributed by atoms with Gasteiger partial charge >= 0.3 is 18.8 Å². The zero-order chi connectivity index (χ0) is 43.7. The molecule has 1 heterocycles.